The molecule has 2 aromatic carbocycles. The van der Waals surface area contributed by atoms with E-state index < -0.39 is 6.04 Å². The first-order chi connectivity index (χ1) is 13.0. The number of nitrogens with zero attached hydrogens (tertiary/aromatic N) is 2. The van der Waals surface area contributed by atoms with Gasteiger partial charge in [-0.3, -0.25) is 4.79 Å². The van der Waals surface area contributed by atoms with Crippen LogP contribution in [0.25, 0.3) is 11.4 Å². The summed E-state index contributed by atoms with van der Waals surface area (Å²) >= 11 is 12.1. The second kappa shape index (κ2) is 8.55. The van der Waals surface area contributed by atoms with Gasteiger partial charge in [-0.1, -0.05) is 60.8 Å². The predicted molar refractivity (Wildman–Crippen MR) is 106 cm³/mol. The molecule has 0 saturated carbocycles. The van der Waals surface area contributed by atoms with Gasteiger partial charge in [-0.05, 0) is 42.3 Å². The van der Waals surface area contributed by atoms with Crippen molar-refractivity contribution in [3.05, 3.63) is 70.0 Å². The summed E-state index contributed by atoms with van der Waals surface area (Å²) in [6, 6.07) is 13.6. The van der Waals surface area contributed by atoms with Crippen molar-refractivity contribution in [2.45, 2.75) is 26.3 Å². The van der Waals surface area contributed by atoms with Crippen LogP contribution in [0.5, 0.6) is 0 Å². The first-order valence-corrected chi connectivity index (χ1v) is 9.40. The monoisotopic (exact) mass is 403 g/mol. The third kappa shape index (κ3) is 4.49. The average Bonchev–Trinajstić information content (AvgIpc) is 3.16. The van der Waals surface area contributed by atoms with Crippen LogP contribution in [0, 0.1) is 5.92 Å². The standard InChI is InChI=1S/C20H19Cl2N3O2/c1-3-12(2)17(23-19(26)15-6-4-5-7-16(15)22)20-24-18(25-27-20)13-8-10-14(21)11-9-13/h4-12,17H,3H2,1-2H3,(H,23,26)/t12-,17+/m1/s1. The number of hydrogen-bond donors (Lipinski definition) is 1. The molecule has 3 rings (SSSR count). The lowest BCUT2D eigenvalue weighted by Gasteiger charge is -2.21. The number of rotatable bonds is 6. The second-order valence-electron chi connectivity index (χ2n) is 6.28. The fourth-order valence-electron chi connectivity index (χ4n) is 2.63. The third-order valence-electron chi connectivity index (χ3n) is 4.43. The van der Waals surface area contributed by atoms with E-state index in [0.717, 1.165) is 12.0 Å². The molecule has 0 aliphatic rings. The van der Waals surface area contributed by atoms with Crippen LogP contribution in [0.15, 0.2) is 53.1 Å². The van der Waals surface area contributed by atoms with Gasteiger partial charge >= 0.3 is 0 Å². The summed E-state index contributed by atoms with van der Waals surface area (Å²) in [6.45, 7) is 4.06. The van der Waals surface area contributed by atoms with Gasteiger partial charge in [-0.15, -0.1) is 0 Å². The molecule has 140 valence electrons. The topological polar surface area (TPSA) is 68.0 Å². The molecule has 7 heteroatoms. The Bertz CT molecular complexity index is 925. The first-order valence-electron chi connectivity index (χ1n) is 8.64. The third-order valence-corrected chi connectivity index (χ3v) is 5.01. The number of halogens is 2. The summed E-state index contributed by atoms with van der Waals surface area (Å²) < 4.78 is 5.46. The Morgan fingerprint density at radius 2 is 1.85 bits per heavy atom. The minimum Gasteiger partial charge on any atom is -0.340 e. The van der Waals surface area contributed by atoms with Crippen LogP contribution in [-0.4, -0.2) is 16.0 Å². The maximum Gasteiger partial charge on any atom is 0.253 e. The summed E-state index contributed by atoms with van der Waals surface area (Å²) in [5.74, 6) is 0.615. The molecule has 0 saturated heterocycles. The molecule has 0 bridgehead atoms. The zero-order valence-corrected chi connectivity index (χ0v) is 16.5. The van der Waals surface area contributed by atoms with E-state index in [2.05, 4.69) is 15.5 Å². The second-order valence-corrected chi connectivity index (χ2v) is 7.12. The van der Waals surface area contributed by atoms with E-state index in [1.54, 1.807) is 36.4 Å². The molecule has 3 aromatic rings. The van der Waals surface area contributed by atoms with Crippen molar-refractivity contribution >= 4 is 29.1 Å². The molecule has 1 amide bonds. The maximum absolute atomic E-state index is 12.7. The summed E-state index contributed by atoms with van der Waals surface area (Å²) in [7, 11) is 0. The number of aromatic nitrogens is 2. The maximum atomic E-state index is 12.7. The Hall–Kier alpha value is -2.37. The van der Waals surface area contributed by atoms with Gasteiger partial charge in [-0.2, -0.15) is 4.98 Å². The van der Waals surface area contributed by atoms with Gasteiger partial charge < -0.3 is 9.84 Å². The summed E-state index contributed by atoms with van der Waals surface area (Å²) in [4.78, 5) is 17.2. The van der Waals surface area contributed by atoms with Gasteiger partial charge in [0, 0.05) is 10.6 Å². The molecule has 0 spiro atoms. The van der Waals surface area contributed by atoms with Crippen LogP contribution in [0.3, 0.4) is 0 Å². The molecule has 0 radical (unpaired) electrons. The van der Waals surface area contributed by atoms with Crippen molar-refractivity contribution in [1.82, 2.24) is 15.5 Å². The van der Waals surface area contributed by atoms with E-state index in [4.69, 9.17) is 27.7 Å². The zero-order valence-electron chi connectivity index (χ0n) is 14.9. The van der Waals surface area contributed by atoms with E-state index >= 15 is 0 Å². The van der Waals surface area contributed by atoms with E-state index in [-0.39, 0.29) is 11.8 Å². The highest BCUT2D eigenvalue weighted by Crippen LogP contribution is 2.27. The molecular weight excluding hydrogens is 385 g/mol. The molecule has 0 aliphatic carbocycles. The van der Waals surface area contributed by atoms with Crippen molar-refractivity contribution in [1.29, 1.82) is 0 Å². The zero-order chi connectivity index (χ0) is 19.4. The number of carbonyl (C=O) groups excluding carboxylic acids is 1. The smallest absolute Gasteiger partial charge is 0.253 e. The minimum atomic E-state index is -0.424. The molecule has 1 heterocycles. The van der Waals surface area contributed by atoms with E-state index in [0.29, 0.717) is 27.3 Å². The highest BCUT2D eigenvalue weighted by atomic mass is 35.5. The molecule has 1 aromatic heterocycles. The molecule has 27 heavy (non-hydrogen) atoms. The summed E-state index contributed by atoms with van der Waals surface area (Å²) in [5.41, 5.74) is 1.19. The van der Waals surface area contributed by atoms with Gasteiger partial charge in [0.15, 0.2) is 0 Å². The van der Waals surface area contributed by atoms with Crippen LogP contribution < -0.4 is 5.32 Å². The van der Waals surface area contributed by atoms with Crippen LogP contribution in [0.4, 0.5) is 0 Å². The lowest BCUT2D eigenvalue weighted by molar-refractivity contribution is 0.0910. The van der Waals surface area contributed by atoms with Crippen molar-refractivity contribution in [2.24, 2.45) is 5.92 Å². The quantitative estimate of drug-likeness (QED) is 0.584. The molecular formula is C20H19Cl2N3O2. The van der Waals surface area contributed by atoms with Crippen molar-refractivity contribution in [3.63, 3.8) is 0 Å². The largest absolute Gasteiger partial charge is 0.340 e. The number of carbonyl (C=O) groups is 1. The Kier molecular flexibility index (Phi) is 6.14. The van der Waals surface area contributed by atoms with Gasteiger partial charge in [0.2, 0.25) is 11.7 Å². The van der Waals surface area contributed by atoms with Crippen LogP contribution in [0.1, 0.15) is 42.6 Å². The van der Waals surface area contributed by atoms with E-state index in [1.807, 2.05) is 26.0 Å². The van der Waals surface area contributed by atoms with Gasteiger partial charge in [0.25, 0.3) is 5.91 Å². The molecule has 2 atom stereocenters. The van der Waals surface area contributed by atoms with Crippen molar-refractivity contribution in [3.8, 4) is 11.4 Å². The van der Waals surface area contributed by atoms with E-state index in [1.165, 1.54) is 0 Å². The molecule has 5 nitrogen and oxygen atoms in total. The Labute approximate surface area is 167 Å². The molecule has 0 aliphatic heterocycles. The SMILES string of the molecule is CC[C@@H](C)[C@H](NC(=O)c1ccccc1Cl)c1nc(-c2ccc(Cl)cc2)no1. The normalized spacial score (nSPS) is 13.2. The lowest BCUT2D eigenvalue weighted by Crippen LogP contribution is -2.33. The summed E-state index contributed by atoms with van der Waals surface area (Å²) in [5, 5.41) is 8.04. The van der Waals surface area contributed by atoms with Crippen LogP contribution >= 0.6 is 23.2 Å². The summed E-state index contributed by atoms with van der Waals surface area (Å²) in [6.07, 6.45) is 0.826. The molecule has 0 fully saturated rings. The lowest BCUT2D eigenvalue weighted by atomic mass is 9.98. The van der Waals surface area contributed by atoms with Crippen LogP contribution in [0.2, 0.25) is 10.0 Å². The average molecular weight is 404 g/mol. The van der Waals surface area contributed by atoms with Gasteiger partial charge in [-0.25, -0.2) is 0 Å². The Morgan fingerprint density at radius 3 is 2.52 bits per heavy atom. The Morgan fingerprint density at radius 1 is 1.15 bits per heavy atom. The number of benzene rings is 2. The number of nitrogens with one attached hydrogen (secondary N) is 1. The predicted octanol–water partition coefficient (Wildman–Crippen LogP) is 5.56. The van der Waals surface area contributed by atoms with Crippen molar-refractivity contribution in [2.75, 3.05) is 0 Å². The first kappa shape index (κ1) is 19.4. The fourth-order valence-corrected chi connectivity index (χ4v) is 2.97. The Balaban J connectivity index is 1.86. The van der Waals surface area contributed by atoms with Crippen molar-refractivity contribution < 1.29 is 9.32 Å². The molecule has 1 N–H and O–H groups in total. The van der Waals surface area contributed by atoms with Crippen LogP contribution in [-0.2, 0) is 0 Å². The highest BCUT2D eigenvalue weighted by Gasteiger charge is 2.27. The fraction of sp³-hybridized carbons (Fsp3) is 0.250. The number of hydrogen-bond acceptors (Lipinski definition) is 4. The number of amides is 1. The van der Waals surface area contributed by atoms with Gasteiger partial charge in [0.1, 0.15) is 6.04 Å². The molecule has 0 unspecified atom stereocenters. The van der Waals surface area contributed by atoms with E-state index in [9.17, 15) is 4.79 Å². The van der Waals surface area contributed by atoms with Gasteiger partial charge in [0.05, 0.1) is 10.6 Å². The minimum absolute atomic E-state index is 0.0926. The highest BCUT2D eigenvalue weighted by molar-refractivity contribution is 6.33.